The van der Waals surface area contributed by atoms with E-state index < -0.39 is 33.4 Å². The number of nitrogens with one attached hydrogen (secondary N) is 3. The Balaban J connectivity index is 1.49. The van der Waals surface area contributed by atoms with Crippen molar-refractivity contribution in [3.05, 3.63) is 59.7 Å². The van der Waals surface area contributed by atoms with Crippen molar-refractivity contribution in [1.29, 1.82) is 0 Å². The molecule has 0 spiro atoms. The first-order valence-corrected chi connectivity index (χ1v) is 12.3. The van der Waals surface area contributed by atoms with E-state index in [0.29, 0.717) is 17.9 Å². The molecular weight excluding hydrogens is 460 g/mol. The second-order valence-corrected chi connectivity index (χ2v) is 10.3. The summed E-state index contributed by atoms with van der Waals surface area (Å²) >= 11 is 0. The quantitative estimate of drug-likeness (QED) is 0.462. The Morgan fingerprint density at radius 2 is 1.88 bits per heavy atom. The molecule has 4 amide bonds. The van der Waals surface area contributed by atoms with Crippen LogP contribution in [0.1, 0.15) is 42.1 Å². The molecule has 180 valence electrons. The molecule has 0 unspecified atom stereocenters. The summed E-state index contributed by atoms with van der Waals surface area (Å²) in [4.78, 5) is 38.1. The smallest absolute Gasteiger partial charge is 0.344 e. The number of hydrazine groups is 1. The highest BCUT2D eigenvalue weighted by Gasteiger charge is 2.48. The van der Waals surface area contributed by atoms with Gasteiger partial charge in [0.1, 0.15) is 16.2 Å². The number of carbonyl (C=O) groups is 3. The summed E-state index contributed by atoms with van der Waals surface area (Å²) in [7, 11) is -2.58. The molecule has 1 atom stereocenters. The predicted molar refractivity (Wildman–Crippen MR) is 122 cm³/mol. The summed E-state index contributed by atoms with van der Waals surface area (Å²) < 4.78 is 33.1. The monoisotopic (exact) mass is 486 g/mol. The largest absolute Gasteiger partial charge is 0.495 e. The van der Waals surface area contributed by atoms with Gasteiger partial charge in [0.2, 0.25) is 10.0 Å². The summed E-state index contributed by atoms with van der Waals surface area (Å²) in [6.45, 7) is 1.60. The van der Waals surface area contributed by atoms with E-state index in [4.69, 9.17) is 4.74 Å². The molecule has 3 N–H and O–H groups in total. The van der Waals surface area contributed by atoms with Gasteiger partial charge in [-0.25, -0.2) is 17.9 Å². The third-order valence-electron chi connectivity index (χ3n) is 5.85. The molecule has 1 saturated carbocycles. The average Bonchev–Trinajstić information content (AvgIpc) is 3.60. The van der Waals surface area contributed by atoms with Gasteiger partial charge >= 0.3 is 6.03 Å². The molecule has 2 aromatic carbocycles. The van der Waals surface area contributed by atoms with E-state index in [1.165, 1.54) is 19.2 Å². The van der Waals surface area contributed by atoms with Crippen LogP contribution in [0.4, 0.5) is 4.79 Å². The number of benzene rings is 2. The van der Waals surface area contributed by atoms with E-state index in [0.717, 1.165) is 24.5 Å². The van der Waals surface area contributed by atoms with Crippen LogP contribution >= 0.6 is 0 Å². The van der Waals surface area contributed by atoms with Gasteiger partial charge in [-0.05, 0) is 56.4 Å². The lowest BCUT2D eigenvalue weighted by Gasteiger charge is -2.21. The van der Waals surface area contributed by atoms with Gasteiger partial charge in [0, 0.05) is 11.6 Å². The van der Waals surface area contributed by atoms with Crippen LogP contribution in [0, 0.1) is 0 Å². The fourth-order valence-corrected chi connectivity index (χ4v) is 5.17. The number of aryl methyl sites for hydroxylation is 1. The van der Waals surface area contributed by atoms with Crippen LogP contribution in [-0.4, -0.2) is 50.0 Å². The molecule has 1 aliphatic heterocycles. The number of amides is 4. The summed E-state index contributed by atoms with van der Waals surface area (Å²) in [6.07, 6.45) is 2.39. The minimum absolute atomic E-state index is 0.0459. The first-order chi connectivity index (χ1) is 16.1. The van der Waals surface area contributed by atoms with Crippen molar-refractivity contribution in [2.45, 2.75) is 49.1 Å². The van der Waals surface area contributed by atoms with Gasteiger partial charge in [0.25, 0.3) is 11.8 Å². The van der Waals surface area contributed by atoms with E-state index in [-0.39, 0.29) is 22.3 Å². The summed E-state index contributed by atoms with van der Waals surface area (Å²) in [5, 5.41) is 3.27. The topological polar surface area (TPSA) is 134 Å². The summed E-state index contributed by atoms with van der Waals surface area (Å²) in [5.41, 5.74) is 2.07. The summed E-state index contributed by atoms with van der Waals surface area (Å²) in [5.74, 6) is -1.33. The lowest BCUT2D eigenvalue weighted by Crippen LogP contribution is -2.49. The first-order valence-electron chi connectivity index (χ1n) is 10.8. The minimum Gasteiger partial charge on any atom is -0.495 e. The lowest BCUT2D eigenvalue weighted by atomic mass is 9.93. The van der Waals surface area contributed by atoms with Crippen LogP contribution < -0.4 is 20.2 Å². The standard InChI is InChI=1S/C23H26N4O6S/c1-23(13-12-15-6-4-3-5-7-15)21(29)27(22(30)24-23)25-20(28)16-8-11-18(33-2)19(14-16)34(31,32)26-17-9-10-17/h3-8,11,14,17,26H,9-10,12-13H2,1-2H3,(H,24,30)(H,25,28)/t23-/m1/s1. The van der Waals surface area contributed by atoms with Gasteiger partial charge in [0.05, 0.1) is 7.11 Å². The van der Waals surface area contributed by atoms with Crippen molar-refractivity contribution in [3.8, 4) is 5.75 Å². The molecule has 2 aromatic rings. The number of nitrogens with zero attached hydrogens (tertiary/aromatic N) is 1. The minimum atomic E-state index is -3.91. The number of hydrogen-bond donors (Lipinski definition) is 3. The summed E-state index contributed by atoms with van der Waals surface area (Å²) in [6, 6.07) is 12.5. The van der Waals surface area contributed by atoms with Crippen LogP contribution in [0.15, 0.2) is 53.4 Å². The van der Waals surface area contributed by atoms with Crippen molar-refractivity contribution in [1.82, 2.24) is 20.5 Å². The number of methoxy groups -OCH3 is 1. The number of imide groups is 1. The van der Waals surface area contributed by atoms with Crippen LogP contribution in [0.5, 0.6) is 5.75 Å². The molecule has 1 aliphatic carbocycles. The van der Waals surface area contributed by atoms with Crippen molar-refractivity contribution in [2.75, 3.05) is 7.11 Å². The molecule has 1 saturated heterocycles. The van der Waals surface area contributed by atoms with E-state index in [1.54, 1.807) is 6.92 Å². The van der Waals surface area contributed by atoms with E-state index in [1.807, 2.05) is 30.3 Å². The molecule has 0 aromatic heterocycles. The lowest BCUT2D eigenvalue weighted by molar-refractivity contribution is -0.132. The Morgan fingerprint density at radius 1 is 1.18 bits per heavy atom. The van der Waals surface area contributed by atoms with Crippen molar-refractivity contribution in [2.24, 2.45) is 0 Å². The van der Waals surface area contributed by atoms with Gasteiger partial charge in [-0.15, -0.1) is 0 Å². The Labute approximate surface area is 197 Å². The second kappa shape index (κ2) is 9.07. The highest BCUT2D eigenvalue weighted by Crippen LogP contribution is 2.29. The van der Waals surface area contributed by atoms with E-state index >= 15 is 0 Å². The fraction of sp³-hybridized carbons (Fsp3) is 0.348. The number of ether oxygens (including phenoxy) is 1. The maximum Gasteiger partial charge on any atom is 0.344 e. The number of carbonyl (C=O) groups excluding carboxylic acids is 3. The third-order valence-corrected chi connectivity index (χ3v) is 7.39. The predicted octanol–water partition coefficient (Wildman–Crippen LogP) is 1.72. The molecule has 0 radical (unpaired) electrons. The molecule has 1 heterocycles. The maximum absolute atomic E-state index is 13.0. The normalized spacial score (nSPS) is 20.2. The molecule has 11 heteroatoms. The molecule has 2 aliphatic rings. The number of urea groups is 1. The van der Waals surface area contributed by atoms with Gasteiger partial charge in [0.15, 0.2) is 0 Å². The first kappa shape index (κ1) is 23.7. The number of rotatable bonds is 9. The van der Waals surface area contributed by atoms with Crippen LogP contribution in [0.25, 0.3) is 0 Å². The molecule has 10 nitrogen and oxygen atoms in total. The molecular formula is C23H26N4O6S. The average molecular weight is 487 g/mol. The highest BCUT2D eigenvalue weighted by atomic mass is 32.2. The molecule has 4 rings (SSSR count). The number of hydrogen-bond acceptors (Lipinski definition) is 6. The number of sulfonamides is 1. The van der Waals surface area contributed by atoms with E-state index in [9.17, 15) is 22.8 Å². The Morgan fingerprint density at radius 3 is 2.53 bits per heavy atom. The fourth-order valence-electron chi connectivity index (χ4n) is 3.67. The molecule has 0 bridgehead atoms. The van der Waals surface area contributed by atoms with Crippen LogP contribution in [0.2, 0.25) is 0 Å². The molecule has 34 heavy (non-hydrogen) atoms. The van der Waals surface area contributed by atoms with Gasteiger partial charge < -0.3 is 10.1 Å². The van der Waals surface area contributed by atoms with Crippen LogP contribution in [-0.2, 0) is 21.2 Å². The zero-order valence-electron chi connectivity index (χ0n) is 18.8. The Kier molecular flexibility index (Phi) is 6.32. The molecule has 2 fully saturated rings. The van der Waals surface area contributed by atoms with Gasteiger partial charge in [-0.1, -0.05) is 30.3 Å². The van der Waals surface area contributed by atoms with Gasteiger partial charge in [-0.3, -0.25) is 15.0 Å². The van der Waals surface area contributed by atoms with E-state index in [2.05, 4.69) is 15.5 Å². The second-order valence-electron chi connectivity index (χ2n) is 8.59. The zero-order chi connectivity index (χ0) is 24.5. The van der Waals surface area contributed by atoms with Crippen molar-refractivity contribution < 1.29 is 27.5 Å². The highest BCUT2D eigenvalue weighted by molar-refractivity contribution is 7.89. The SMILES string of the molecule is COc1ccc(C(=O)NN2C(=O)N[C@](C)(CCc3ccccc3)C2=O)cc1S(=O)(=O)NC1CC1. The Bertz CT molecular complexity index is 1230. The van der Waals surface area contributed by atoms with Crippen molar-refractivity contribution >= 4 is 27.9 Å². The third kappa shape index (κ3) is 4.90. The van der Waals surface area contributed by atoms with Gasteiger partial charge in [-0.2, -0.15) is 5.01 Å². The van der Waals surface area contributed by atoms with Crippen molar-refractivity contribution in [3.63, 3.8) is 0 Å². The Hall–Kier alpha value is -3.44. The van der Waals surface area contributed by atoms with Crippen LogP contribution in [0.3, 0.4) is 0 Å². The zero-order valence-corrected chi connectivity index (χ0v) is 19.6. The maximum atomic E-state index is 13.0.